The molecule has 0 aromatic heterocycles. The zero-order chi connectivity index (χ0) is 12.4. The van der Waals surface area contributed by atoms with Gasteiger partial charge in [-0.1, -0.05) is 29.5 Å². The van der Waals surface area contributed by atoms with Gasteiger partial charge in [0.1, 0.15) is 0 Å². The molecule has 94 valence electrons. The normalized spacial score (nSPS) is 27.4. The molecule has 18 heavy (non-hydrogen) atoms. The maximum atomic E-state index is 5.96. The first-order valence-corrected chi connectivity index (χ1v) is 6.94. The Morgan fingerprint density at radius 2 is 2.28 bits per heavy atom. The molecule has 0 unspecified atom stereocenters. The van der Waals surface area contributed by atoms with Gasteiger partial charge in [-0.15, -0.1) is 0 Å². The second kappa shape index (κ2) is 5.32. The molecule has 2 aliphatic heterocycles. The second-order valence-electron chi connectivity index (χ2n) is 4.97. The average molecular weight is 261 g/mol. The fourth-order valence-electron chi connectivity index (χ4n) is 2.86. The van der Waals surface area contributed by atoms with Gasteiger partial charge in [0.2, 0.25) is 0 Å². The van der Waals surface area contributed by atoms with Crippen LogP contribution in [-0.2, 0) is 0 Å². The van der Waals surface area contributed by atoms with Crippen LogP contribution in [0.5, 0.6) is 0 Å². The molecule has 0 amide bonds. The largest absolute Gasteiger partial charge is 0.314 e. The molecule has 0 saturated carbocycles. The minimum absolute atomic E-state index is 0.427. The van der Waals surface area contributed by atoms with Gasteiger partial charge in [0.05, 0.1) is 6.04 Å². The van der Waals surface area contributed by atoms with Gasteiger partial charge >= 0.3 is 0 Å². The van der Waals surface area contributed by atoms with E-state index in [0.29, 0.717) is 12.1 Å². The molecule has 2 nitrogen and oxygen atoms in total. The number of piperazine rings is 1. The summed E-state index contributed by atoms with van der Waals surface area (Å²) in [6.45, 7) is 3.33. The summed E-state index contributed by atoms with van der Waals surface area (Å²) in [5.41, 5.74) is 1.01. The summed E-state index contributed by atoms with van der Waals surface area (Å²) in [7, 11) is 0. The zero-order valence-corrected chi connectivity index (χ0v) is 11.1. The van der Waals surface area contributed by atoms with E-state index in [2.05, 4.69) is 22.1 Å². The van der Waals surface area contributed by atoms with Crippen molar-refractivity contribution in [3.05, 3.63) is 34.9 Å². The summed E-state index contributed by atoms with van der Waals surface area (Å²) < 4.78 is 0. The van der Waals surface area contributed by atoms with Gasteiger partial charge in [0.15, 0.2) is 0 Å². The summed E-state index contributed by atoms with van der Waals surface area (Å²) >= 11 is 5.96. The molecule has 2 saturated heterocycles. The van der Waals surface area contributed by atoms with Crippen LogP contribution in [0.2, 0.25) is 5.02 Å². The number of nitrogens with one attached hydrogen (secondary N) is 1. The van der Waals surface area contributed by atoms with E-state index >= 15 is 0 Å². The maximum Gasteiger partial charge on any atom is 0.0722 e. The molecule has 2 heterocycles. The Bertz CT molecular complexity index is 489. The molecule has 1 aromatic carbocycles. The lowest BCUT2D eigenvalue weighted by Gasteiger charge is -2.32. The van der Waals surface area contributed by atoms with Crippen molar-refractivity contribution in [2.75, 3.05) is 19.6 Å². The topological polar surface area (TPSA) is 15.3 Å². The summed E-state index contributed by atoms with van der Waals surface area (Å²) in [5, 5.41) is 4.21. The fraction of sp³-hybridized carbons (Fsp3) is 0.467. The van der Waals surface area contributed by atoms with E-state index in [-0.39, 0.29) is 0 Å². The molecule has 2 fully saturated rings. The standard InChI is InChI=1S/C15H17ClN2/c16-13-3-1-2-12(10-13)4-5-14-6-7-15-11-17-8-9-18(14)15/h1-3,10,14-15,17H,6-9,11H2/t14-,15+/m1/s1. The smallest absolute Gasteiger partial charge is 0.0722 e. The molecule has 1 aromatic rings. The SMILES string of the molecule is Clc1cccc(C#C[C@@H]2CC[C@H]3CNCCN32)c1. The van der Waals surface area contributed by atoms with Crippen molar-refractivity contribution in [2.24, 2.45) is 0 Å². The highest BCUT2D eigenvalue weighted by Gasteiger charge is 2.33. The highest BCUT2D eigenvalue weighted by atomic mass is 35.5. The molecule has 0 bridgehead atoms. The van der Waals surface area contributed by atoms with Crippen molar-refractivity contribution in [1.29, 1.82) is 0 Å². The number of nitrogens with zero attached hydrogens (tertiary/aromatic N) is 1. The Balaban J connectivity index is 1.73. The van der Waals surface area contributed by atoms with Crippen molar-refractivity contribution in [3.8, 4) is 11.8 Å². The highest BCUT2D eigenvalue weighted by molar-refractivity contribution is 6.30. The lowest BCUT2D eigenvalue weighted by Crippen LogP contribution is -2.50. The highest BCUT2D eigenvalue weighted by Crippen LogP contribution is 2.24. The van der Waals surface area contributed by atoms with E-state index in [1.807, 2.05) is 24.3 Å². The van der Waals surface area contributed by atoms with Crippen molar-refractivity contribution in [3.63, 3.8) is 0 Å². The summed E-state index contributed by atoms with van der Waals surface area (Å²) in [6.07, 6.45) is 2.46. The molecule has 3 heteroatoms. The lowest BCUT2D eigenvalue weighted by atomic mass is 10.1. The number of hydrogen-bond donors (Lipinski definition) is 1. The van der Waals surface area contributed by atoms with Crippen LogP contribution in [0, 0.1) is 11.8 Å². The Kier molecular flexibility index (Phi) is 3.56. The van der Waals surface area contributed by atoms with Crippen molar-refractivity contribution in [2.45, 2.75) is 24.9 Å². The van der Waals surface area contributed by atoms with Gasteiger partial charge < -0.3 is 5.32 Å². The number of benzene rings is 1. The summed E-state index contributed by atoms with van der Waals surface area (Å²) in [4.78, 5) is 2.55. The van der Waals surface area contributed by atoms with Gasteiger partial charge in [-0.05, 0) is 31.0 Å². The van der Waals surface area contributed by atoms with Crippen LogP contribution in [0.3, 0.4) is 0 Å². The van der Waals surface area contributed by atoms with E-state index in [9.17, 15) is 0 Å². The van der Waals surface area contributed by atoms with Gasteiger partial charge in [0, 0.05) is 36.3 Å². The Morgan fingerprint density at radius 3 is 3.17 bits per heavy atom. The molecule has 2 atom stereocenters. The minimum Gasteiger partial charge on any atom is -0.314 e. The van der Waals surface area contributed by atoms with E-state index in [1.165, 1.54) is 12.8 Å². The fourth-order valence-corrected chi connectivity index (χ4v) is 3.05. The molecule has 2 aliphatic rings. The second-order valence-corrected chi connectivity index (χ2v) is 5.41. The molecule has 0 aliphatic carbocycles. The van der Waals surface area contributed by atoms with Gasteiger partial charge in [-0.2, -0.15) is 0 Å². The summed E-state index contributed by atoms with van der Waals surface area (Å²) in [5.74, 6) is 6.68. The van der Waals surface area contributed by atoms with Crippen molar-refractivity contribution in [1.82, 2.24) is 10.2 Å². The van der Waals surface area contributed by atoms with Gasteiger partial charge in [-0.25, -0.2) is 0 Å². The zero-order valence-electron chi connectivity index (χ0n) is 10.3. The van der Waals surface area contributed by atoms with Crippen LogP contribution in [0.4, 0.5) is 0 Å². The van der Waals surface area contributed by atoms with E-state index < -0.39 is 0 Å². The van der Waals surface area contributed by atoms with Crippen molar-refractivity contribution >= 4 is 11.6 Å². The van der Waals surface area contributed by atoms with E-state index in [0.717, 1.165) is 30.2 Å². The van der Waals surface area contributed by atoms with Gasteiger partial charge in [-0.3, -0.25) is 4.90 Å². The average Bonchev–Trinajstić information content (AvgIpc) is 2.80. The summed E-state index contributed by atoms with van der Waals surface area (Å²) in [6, 6.07) is 8.90. The van der Waals surface area contributed by atoms with Crippen LogP contribution in [0.1, 0.15) is 18.4 Å². The van der Waals surface area contributed by atoms with Crippen LogP contribution in [0.25, 0.3) is 0 Å². The predicted octanol–water partition coefficient (Wildman–Crippen LogP) is 2.13. The third kappa shape index (κ3) is 2.54. The Hall–Kier alpha value is -1.01. The number of halogens is 1. The molecule has 3 rings (SSSR count). The van der Waals surface area contributed by atoms with Crippen LogP contribution >= 0.6 is 11.6 Å². The monoisotopic (exact) mass is 260 g/mol. The Labute approximate surface area is 113 Å². The first-order chi connectivity index (χ1) is 8.83. The molecule has 1 N–H and O–H groups in total. The molecular formula is C15H17ClN2. The van der Waals surface area contributed by atoms with Crippen LogP contribution in [-0.4, -0.2) is 36.6 Å². The first kappa shape index (κ1) is 12.0. The van der Waals surface area contributed by atoms with E-state index in [4.69, 9.17) is 11.6 Å². The van der Waals surface area contributed by atoms with Crippen molar-refractivity contribution < 1.29 is 0 Å². The molecule has 0 radical (unpaired) electrons. The molecular weight excluding hydrogens is 244 g/mol. The van der Waals surface area contributed by atoms with Gasteiger partial charge in [0.25, 0.3) is 0 Å². The quantitative estimate of drug-likeness (QED) is 0.719. The van der Waals surface area contributed by atoms with E-state index in [1.54, 1.807) is 0 Å². The molecule has 0 spiro atoms. The third-order valence-corrected chi connectivity index (χ3v) is 4.01. The first-order valence-electron chi connectivity index (χ1n) is 6.56. The Morgan fingerprint density at radius 1 is 1.33 bits per heavy atom. The number of fused-ring (bicyclic) bond motifs is 1. The van der Waals surface area contributed by atoms with Crippen LogP contribution < -0.4 is 5.32 Å². The minimum atomic E-state index is 0.427. The lowest BCUT2D eigenvalue weighted by molar-refractivity contribution is 0.187. The maximum absolute atomic E-state index is 5.96. The predicted molar refractivity (Wildman–Crippen MR) is 74.7 cm³/mol. The number of rotatable bonds is 0. The number of hydrogen-bond acceptors (Lipinski definition) is 2. The third-order valence-electron chi connectivity index (χ3n) is 3.78. The van der Waals surface area contributed by atoms with Crippen LogP contribution in [0.15, 0.2) is 24.3 Å².